The summed E-state index contributed by atoms with van der Waals surface area (Å²) in [5.41, 5.74) is -0.0833. The molecule has 0 aromatic rings. The molecule has 0 unspecified atom stereocenters. The van der Waals surface area contributed by atoms with Crippen molar-refractivity contribution in [2.75, 3.05) is 5.49 Å². The van der Waals surface area contributed by atoms with Crippen molar-refractivity contribution >= 4 is 25.8 Å². The third kappa shape index (κ3) is 10.4. The van der Waals surface area contributed by atoms with Crippen molar-refractivity contribution in [3.8, 4) is 0 Å². The van der Waals surface area contributed by atoms with Crippen molar-refractivity contribution in [3.05, 3.63) is 0 Å². The minimum absolute atomic E-state index is 0.0833. The molecule has 0 saturated carbocycles. The Balaban J connectivity index is 5.02. The lowest BCUT2D eigenvalue weighted by molar-refractivity contribution is 0.144. The molecule has 0 aliphatic carbocycles. The van der Waals surface area contributed by atoms with Gasteiger partial charge in [-0.25, -0.2) is 4.57 Å². The summed E-state index contributed by atoms with van der Waals surface area (Å²) in [6, 6.07) is 0. The maximum Gasteiger partial charge on any atom is 0.390 e. The third-order valence-electron chi connectivity index (χ3n) is 1.80. The number of rotatable bonds is 11. The standard InChI is InChI=1S/C13H30O6P2S/c1-10(2)16-20(14,17-11(3)4)9-22-21(15,18-12(5)6)19-13(7)8/h10-13H,9H2,1-8H3. The van der Waals surface area contributed by atoms with Crippen molar-refractivity contribution in [1.82, 2.24) is 0 Å². The molecule has 0 amide bonds. The zero-order chi connectivity index (χ0) is 17.6. The second-order valence-electron chi connectivity index (χ2n) is 5.93. The van der Waals surface area contributed by atoms with Crippen molar-refractivity contribution < 1.29 is 27.2 Å². The average Bonchev–Trinajstić information content (AvgIpc) is 2.21. The summed E-state index contributed by atoms with van der Waals surface area (Å²) in [5.74, 6) is 0. The van der Waals surface area contributed by atoms with Gasteiger partial charge in [0.2, 0.25) is 0 Å². The highest BCUT2D eigenvalue weighted by atomic mass is 32.7. The fraction of sp³-hybridized carbons (Fsp3) is 1.00. The van der Waals surface area contributed by atoms with Gasteiger partial charge >= 0.3 is 14.4 Å². The third-order valence-corrected chi connectivity index (χ3v) is 9.19. The molecule has 0 radical (unpaired) electrons. The lowest BCUT2D eigenvalue weighted by atomic mass is 10.5. The summed E-state index contributed by atoms with van der Waals surface area (Å²) in [7, 11) is -3.38. The summed E-state index contributed by atoms with van der Waals surface area (Å²) in [4.78, 5) is 0. The van der Waals surface area contributed by atoms with Gasteiger partial charge in [-0.2, -0.15) is 0 Å². The van der Waals surface area contributed by atoms with Crippen LogP contribution in [0.15, 0.2) is 0 Å². The minimum Gasteiger partial charge on any atom is -0.305 e. The van der Waals surface area contributed by atoms with E-state index in [0.29, 0.717) is 0 Å². The monoisotopic (exact) mass is 376 g/mol. The first-order chi connectivity index (χ1) is 9.87. The molecule has 0 aromatic heterocycles. The Labute approximate surface area is 138 Å². The average molecular weight is 376 g/mol. The summed E-state index contributed by atoms with van der Waals surface area (Å²) in [6.07, 6.45) is -1.06. The van der Waals surface area contributed by atoms with Gasteiger partial charge in [0.05, 0.1) is 24.4 Å². The molecule has 0 aliphatic rings. The van der Waals surface area contributed by atoms with Gasteiger partial charge < -0.3 is 9.05 Å². The van der Waals surface area contributed by atoms with Crippen LogP contribution in [0.4, 0.5) is 0 Å². The second-order valence-corrected chi connectivity index (χ2v) is 12.3. The van der Waals surface area contributed by atoms with Gasteiger partial charge in [-0.05, 0) is 66.8 Å². The lowest BCUT2D eigenvalue weighted by Crippen LogP contribution is -2.10. The Morgan fingerprint density at radius 1 is 0.682 bits per heavy atom. The fourth-order valence-corrected chi connectivity index (χ4v) is 9.57. The Hall–Kier alpha value is 0.650. The molecular weight excluding hydrogens is 346 g/mol. The summed E-state index contributed by atoms with van der Waals surface area (Å²) in [5, 5.41) is 0. The van der Waals surface area contributed by atoms with Gasteiger partial charge in [0.15, 0.2) is 0 Å². The smallest absolute Gasteiger partial charge is 0.305 e. The number of hydrogen-bond donors (Lipinski definition) is 0. The molecule has 0 atom stereocenters. The van der Waals surface area contributed by atoms with Gasteiger partial charge in [0.25, 0.3) is 0 Å². The van der Waals surface area contributed by atoms with E-state index in [1.165, 1.54) is 0 Å². The summed E-state index contributed by atoms with van der Waals surface area (Å²) < 4.78 is 47.2. The molecule has 0 rings (SSSR count). The van der Waals surface area contributed by atoms with Crippen molar-refractivity contribution in [2.45, 2.75) is 79.8 Å². The molecule has 0 N–H and O–H groups in total. The molecule has 134 valence electrons. The Morgan fingerprint density at radius 3 is 1.27 bits per heavy atom. The van der Waals surface area contributed by atoms with Gasteiger partial charge in [0.1, 0.15) is 5.49 Å². The lowest BCUT2D eigenvalue weighted by Gasteiger charge is -2.26. The van der Waals surface area contributed by atoms with E-state index in [1.807, 2.05) is 0 Å². The predicted octanol–water partition coefficient (Wildman–Crippen LogP) is 5.68. The Morgan fingerprint density at radius 2 is 1.00 bits per heavy atom. The molecule has 0 bridgehead atoms. The SMILES string of the molecule is CC(C)OP(=O)(CSP(=O)(OC(C)C)OC(C)C)OC(C)C. The van der Waals surface area contributed by atoms with Gasteiger partial charge in [-0.3, -0.25) is 13.6 Å². The zero-order valence-corrected chi connectivity index (χ0v) is 17.4. The van der Waals surface area contributed by atoms with Crippen LogP contribution in [0, 0.1) is 0 Å². The predicted molar refractivity (Wildman–Crippen MR) is 92.6 cm³/mol. The quantitative estimate of drug-likeness (QED) is 0.430. The zero-order valence-electron chi connectivity index (χ0n) is 14.8. The molecule has 0 aliphatic heterocycles. The van der Waals surface area contributed by atoms with Crippen LogP contribution < -0.4 is 0 Å². The molecule has 22 heavy (non-hydrogen) atoms. The maximum atomic E-state index is 12.8. The van der Waals surface area contributed by atoms with E-state index in [1.54, 1.807) is 55.4 Å². The van der Waals surface area contributed by atoms with Crippen LogP contribution in [-0.4, -0.2) is 29.9 Å². The van der Waals surface area contributed by atoms with Gasteiger partial charge in [-0.15, -0.1) is 0 Å². The van der Waals surface area contributed by atoms with Crippen LogP contribution in [0.3, 0.4) is 0 Å². The maximum absolute atomic E-state index is 12.8. The van der Waals surface area contributed by atoms with Crippen LogP contribution in [0.2, 0.25) is 0 Å². The van der Waals surface area contributed by atoms with Crippen molar-refractivity contribution in [3.63, 3.8) is 0 Å². The highest BCUT2D eigenvalue weighted by molar-refractivity contribution is 8.56. The largest absolute Gasteiger partial charge is 0.390 e. The van der Waals surface area contributed by atoms with Gasteiger partial charge in [-0.1, -0.05) is 0 Å². The normalized spacial score (nSPS) is 13.8. The molecule has 0 spiro atoms. The molecule has 0 aromatic carbocycles. The second kappa shape index (κ2) is 9.83. The van der Waals surface area contributed by atoms with Crippen LogP contribution in [0.25, 0.3) is 0 Å². The Bertz CT molecular complexity index is 345. The first kappa shape index (κ1) is 22.6. The van der Waals surface area contributed by atoms with Crippen LogP contribution >= 0.6 is 25.8 Å². The van der Waals surface area contributed by atoms with E-state index < -0.39 is 14.4 Å². The van der Waals surface area contributed by atoms with E-state index in [-0.39, 0.29) is 29.9 Å². The molecular formula is C13H30O6P2S. The van der Waals surface area contributed by atoms with E-state index in [2.05, 4.69) is 0 Å². The number of hydrogen-bond acceptors (Lipinski definition) is 7. The summed E-state index contributed by atoms with van der Waals surface area (Å²) in [6.45, 7) is 10.7. The van der Waals surface area contributed by atoms with Gasteiger partial charge in [0, 0.05) is 0 Å². The highest BCUT2D eigenvalue weighted by Crippen LogP contribution is 2.67. The van der Waals surface area contributed by atoms with Crippen LogP contribution in [0.5, 0.6) is 0 Å². The fourth-order valence-electron chi connectivity index (χ4n) is 1.47. The van der Waals surface area contributed by atoms with E-state index in [9.17, 15) is 9.13 Å². The summed E-state index contributed by atoms with van der Waals surface area (Å²) >= 11 is 0.869. The highest BCUT2D eigenvalue weighted by Gasteiger charge is 2.36. The Kier molecular flexibility index (Phi) is 10.1. The van der Waals surface area contributed by atoms with E-state index in [0.717, 1.165) is 11.4 Å². The molecule has 6 nitrogen and oxygen atoms in total. The van der Waals surface area contributed by atoms with Crippen LogP contribution in [-0.2, 0) is 27.2 Å². The van der Waals surface area contributed by atoms with Crippen LogP contribution in [0.1, 0.15) is 55.4 Å². The first-order valence-electron chi connectivity index (χ1n) is 7.44. The molecule has 0 heterocycles. The van der Waals surface area contributed by atoms with Crippen molar-refractivity contribution in [2.24, 2.45) is 0 Å². The first-order valence-corrected chi connectivity index (χ1v) is 12.3. The van der Waals surface area contributed by atoms with E-state index in [4.69, 9.17) is 18.1 Å². The van der Waals surface area contributed by atoms with Crippen molar-refractivity contribution in [1.29, 1.82) is 0 Å². The molecule has 9 heteroatoms. The van der Waals surface area contributed by atoms with E-state index >= 15 is 0 Å². The molecule has 0 saturated heterocycles. The molecule has 0 fully saturated rings. The topological polar surface area (TPSA) is 71.1 Å². The minimum atomic E-state index is -3.43.